The van der Waals surface area contributed by atoms with E-state index >= 15 is 0 Å². The van der Waals surface area contributed by atoms with Crippen LogP contribution in [0.4, 0.5) is 0 Å². The molecule has 0 aromatic rings. The molecule has 4 heteroatoms. The zero-order valence-corrected chi connectivity index (χ0v) is 18.0. The lowest BCUT2D eigenvalue weighted by atomic mass is 10.0. The molecule has 0 aliphatic rings. The molecule has 0 saturated heterocycles. The van der Waals surface area contributed by atoms with E-state index in [9.17, 15) is 9.59 Å². The number of esters is 1. The number of rotatable bonds is 20. The normalized spacial score (nSPS) is 12.1. The molecule has 0 aromatic heterocycles. The van der Waals surface area contributed by atoms with Crippen molar-refractivity contribution in [2.45, 2.75) is 136 Å². The number of hydrogen-bond acceptors (Lipinski definition) is 3. The van der Waals surface area contributed by atoms with Gasteiger partial charge in [0, 0.05) is 12.8 Å². The first-order valence-electron chi connectivity index (χ1n) is 11.5. The van der Waals surface area contributed by atoms with Gasteiger partial charge in [-0.15, -0.1) is 0 Å². The summed E-state index contributed by atoms with van der Waals surface area (Å²) in [6.45, 7) is 4.45. The van der Waals surface area contributed by atoms with E-state index in [-0.39, 0.29) is 18.5 Å². The fourth-order valence-electron chi connectivity index (χ4n) is 3.36. The number of hydrogen-bond donors (Lipinski definition) is 1. The minimum absolute atomic E-state index is 0.0697. The molecule has 0 saturated carbocycles. The zero-order chi connectivity index (χ0) is 20.2. The van der Waals surface area contributed by atoms with Gasteiger partial charge in [0.1, 0.15) is 6.10 Å². The summed E-state index contributed by atoms with van der Waals surface area (Å²) < 4.78 is 5.77. The van der Waals surface area contributed by atoms with Gasteiger partial charge in [0.2, 0.25) is 0 Å². The van der Waals surface area contributed by atoms with Crippen LogP contribution in [0.15, 0.2) is 0 Å². The highest BCUT2D eigenvalue weighted by molar-refractivity contribution is 5.69. The molecule has 27 heavy (non-hydrogen) atoms. The molecular formula is C23H44O4. The van der Waals surface area contributed by atoms with Crippen molar-refractivity contribution in [2.75, 3.05) is 0 Å². The second kappa shape index (κ2) is 19.7. The van der Waals surface area contributed by atoms with Crippen molar-refractivity contribution in [1.82, 2.24) is 0 Å². The highest BCUT2D eigenvalue weighted by atomic mass is 16.5. The van der Waals surface area contributed by atoms with Crippen LogP contribution in [0.2, 0.25) is 0 Å². The molecule has 1 N–H and O–H groups in total. The number of carbonyl (C=O) groups is 2. The Kier molecular flexibility index (Phi) is 18.9. The lowest BCUT2D eigenvalue weighted by Gasteiger charge is -2.18. The Hall–Kier alpha value is -1.06. The molecule has 0 heterocycles. The van der Waals surface area contributed by atoms with Gasteiger partial charge in [-0.05, 0) is 38.5 Å². The summed E-state index contributed by atoms with van der Waals surface area (Å²) in [5.41, 5.74) is 0. The van der Waals surface area contributed by atoms with Crippen LogP contribution in [-0.4, -0.2) is 23.1 Å². The number of carboxylic acid groups (broad SMARTS) is 1. The number of carboxylic acids is 1. The van der Waals surface area contributed by atoms with Crippen LogP contribution in [-0.2, 0) is 14.3 Å². The lowest BCUT2D eigenvalue weighted by molar-refractivity contribution is -0.150. The van der Waals surface area contributed by atoms with Crippen molar-refractivity contribution in [3.05, 3.63) is 0 Å². The molecule has 0 bridgehead atoms. The standard InChI is InChI=1S/C23H44O4/c1-3-5-7-9-10-14-18-21(17-13-8-6-4-2)27-23(26)20-16-12-11-15-19-22(24)25/h21H,3-20H2,1-2H3,(H,24,25). The molecule has 0 fully saturated rings. The molecule has 0 aliphatic carbocycles. The van der Waals surface area contributed by atoms with Crippen LogP contribution in [0.3, 0.4) is 0 Å². The number of ether oxygens (including phenoxy) is 1. The van der Waals surface area contributed by atoms with Gasteiger partial charge < -0.3 is 9.84 Å². The molecule has 0 spiro atoms. The Labute approximate surface area is 167 Å². The van der Waals surface area contributed by atoms with Crippen LogP contribution in [0.1, 0.15) is 129 Å². The number of aliphatic carboxylic acids is 1. The van der Waals surface area contributed by atoms with E-state index in [0.717, 1.165) is 44.9 Å². The molecule has 0 aliphatic heterocycles. The van der Waals surface area contributed by atoms with Gasteiger partial charge in [-0.2, -0.15) is 0 Å². The maximum absolute atomic E-state index is 12.1. The van der Waals surface area contributed by atoms with E-state index in [1.165, 1.54) is 51.4 Å². The topological polar surface area (TPSA) is 63.6 Å². The van der Waals surface area contributed by atoms with Crippen LogP contribution in [0, 0.1) is 0 Å². The minimum Gasteiger partial charge on any atom is -0.481 e. The van der Waals surface area contributed by atoms with E-state index in [1.807, 2.05) is 0 Å². The molecule has 4 nitrogen and oxygen atoms in total. The van der Waals surface area contributed by atoms with Crippen molar-refractivity contribution in [2.24, 2.45) is 0 Å². The molecule has 1 atom stereocenters. The predicted molar refractivity (Wildman–Crippen MR) is 112 cm³/mol. The molecule has 0 amide bonds. The quantitative estimate of drug-likeness (QED) is 0.180. The Bertz CT molecular complexity index is 354. The highest BCUT2D eigenvalue weighted by Gasteiger charge is 2.14. The van der Waals surface area contributed by atoms with Crippen molar-refractivity contribution < 1.29 is 19.4 Å². The van der Waals surface area contributed by atoms with Crippen LogP contribution in [0.5, 0.6) is 0 Å². The molecule has 0 radical (unpaired) electrons. The molecule has 0 aromatic carbocycles. The second-order valence-corrected chi connectivity index (χ2v) is 7.83. The fourth-order valence-corrected chi connectivity index (χ4v) is 3.36. The Morgan fingerprint density at radius 3 is 1.67 bits per heavy atom. The van der Waals surface area contributed by atoms with E-state index in [0.29, 0.717) is 12.8 Å². The van der Waals surface area contributed by atoms with Gasteiger partial charge in [-0.3, -0.25) is 9.59 Å². The Balaban J connectivity index is 3.96. The summed E-state index contributed by atoms with van der Waals surface area (Å²) in [4.78, 5) is 22.6. The monoisotopic (exact) mass is 384 g/mol. The third-order valence-electron chi connectivity index (χ3n) is 5.08. The summed E-state index contributed by atoms with van der Waals surface area (Å²) in [6, 6.07) is 0. The summed E-state index contributed by atoms with van der Waals surface area (Å²) in [5.74, 6) is -0.810. The summed E-state index contributed by atoms with van der Waals surface area (Å²) in [7, 11) is 0. The average Bonchev–Trinajstić information content (AvgIpc) is 2.64. The molecule has 1 unspecified atom stereocenters. The molecule has 160 valence electrons. The third-order valence-corrected chi connectivity index (χ3v) is 5.08. The van der Waals surface area contributed by atoms with Crippen LogP contribution < -0.4 is 0 Å². The largest absolute Gasteiger partial charge is 0.481 e. The number of carbonyl (C=O) groups excluding carboxylic acids is 1. The van der Waals surface area contributed by atoms with Gasteiger partial charge >= 0.3 is 11.9 Å². The minimum atomic E-state index is -0.741. The van der Waals surface area contributed by atoms with E-state index in [2.05, 4.69) is 13.8 Å². The van der Waals surface area contributed by atoms with Crippen LogP contribution in [0.25, 0.3) is 0 Å². The first kappa shape index (κ1) is 25.9. The first-order valence-corrected chi connectivity index (χ1v) is 11.5. The third kappa shape index (κ3) is 19.5. The van der Waals surface area contributed by atoms with Gasteiger partial charge in [0.05, 0.1) is 0 Å². The lowest BCUT2D eigenvalue weighted by Crippen LogP contribution is -2.18. The van der Waals surface area contributed by atoms with Gasteiger partial charge in [0.25, 0.3) is 0 Å². The maximum atomic E-state index is 12.1. The smallest absolute Gasteiger partial charge is 0.306 e. The van der Waals surface area contributed by atoms with Crippen molar-refractivity contribution in [1.29, 1.82) is 0 Å². The fraction of sp³-hybridized carbons (Fsp3) is 0.913. The Morgan fingerprint density at radius 2 is 1.11 bits per heavy atom. The zero-order valence-electron chi connectivity index (χ0n) is 18.0. The first-order chi connectivity index (χ1) is 13.1. The van der Waals surface area contributed by atoms with E-state index in [4.69, 9.17) is 9.84 Å². The number of unbranched alkanes of at least 4 members (excludes halogenated alkanes) is 11. The average molecular weight is 385 g/mol. The van der Waals surface area contributed by atoms with Crippen molar-refractivity contribution in [3.8, 4) is 0 Å². The van der Waals surface area contributed by atoms with Gasteiger partial charge in [-0.25, -0.2) is 0 Å². The van der Waals surface area contributed by atoms with Crippen molar-refractivity contribution >= 4 is 11.9 Å². The highest BCUT2D eigenvalue weighted by Crippen LogP contribution is 2.17. The van der Waals surface area contributed by atoms with Crippen molar-refractivity contribution in [3.63, 3.8) is 0 Å². The summed E-state index contributed by atoms with van der Waals surface area (Å²) >= 11 is 0. The molecule has 0 rings (SSSR count). The summed E-state index contributed by atoms with van der Waals surface area (Å²) in [6.07, 6.45) is 18.5. The maximum Gasteiger partial charge on any atom is 0.306 e. The Morgan fingerprint density at radius 1 is 0.667 bits per heavy atom. The van der Waals surface area contributed by atoms with E-state index < -0.39 is 5.97 Å². The van der Waals surface area contributed by atoms with Gasteiger partial charge in [0.15, 0.2) is 0 Å². The SMILES string of the molecule is CCCCCCCCC(CCCCCC)OC(=O)CCCCCCC(=O)O. The predicted octanol–water partition coefficient (Wildman–Crippen LogP) is 7.04. The van der Waals surface area contributed by atoms with E-state index in [1.54, 1.807) is 0 Å². The molecular weight excluding hydrogens is 340 g/mol. The second-order valence-electron chi connectivity index (χ2n) is 7.83. The van der Waals surface area contributed by atoms with Gasteiger partial charge in [-0.1, -0.05) is 78.1 Å². The summed E-state index contributed by atoms with van der Waals surface area (Å²) in [5, 5.41) is 8.62. The van der Waals surface area contributed by atoms with Crippen LogP contribution >= 0.6 is 0 Å².